The largest absolute Gasteiger partial charge is 0.489 e. The quantitative estimate of drug-likeness (QED) is 0.303. The molecule has 1 aliphatic rings. The second-order valence-corrected chi connectivity index (χ2v) is 9.38. The van der Waals surface area contributed by atoms with Crippen molar-refractivity contribution in [2.45, 2.75) is 25.5 Å². The van der Waals surface area contributed by atoms with Gasteiger partial charge in [-0.1, -0.05) is 97.1 Å². The molecule has 0 amide bonds. The maximum atomic E-state index is 11.5. The number of carboxylic acid groups (broad SMARTS) is 1. The number of hydrogen-bond donors (Lipinski definition) is 1. The van der Waals surface area contributed by atoms with Crippen LogP contribution in [0.1, 0.15) is 35.6 Å². The predicted octanol–water partition coefficient (Wildman–Crippen LogP) is 6.82. The van der Waals surface area contributed by atoms with Crippen molar-refractivity contribution in [1.29, 1.82) is 0 Å². The highest BCUT2D eigenvalue weighted by atomic mass is 16.5. The SMILES string of the molecule is O=C(O)C1CCN(C(c2ccc(OCc3ccccc3)cc2)c2ccc(-c3ccccc3)cc2)CC1. The second kappa shape index (κ2) is 11.2. The first kappa shape index (κ1) is 23.8. The Labute approximate surface area is 212 Å². The molecule has 4 aromatic carbocycles. The molecule has 4 heteroatoms. The molecule has 0 radical (unpaired) electrons. The third-order valence-corrected chi connectivity index (χ3v) is 7.02. The fraction of sp³-hybridized carbons (Fsp3) is 0.219. The lowest BCUT2D eigenvalue weighted by Gasteiger charge is -2.37. The predicted molar refractivity (Wildman–Crippen MR) is 143 cm³/mol. The van der Waals surface area contributed by atoms with Crippen LogP contribution in [0.2, 0.25) is 0 Å². The molecule has 1 heterocycles. The van der Waals surface area contributed by atoms with Gasteiger partial charge < -0.3 is 9.84 Å². The first-order valence-corrected chi connectivity index (χ1v) is 12.6. The molecule has 1 aliphatic heterocycles. The van der Waals surface area contributed by atoms with Crippen LogP contribution in [0.3, 0.4) is 0 Å². The van der Waals surface area contributed by atoms with E-state index >= 15 is 0 Å². The van der Waals surface area contributed by atoms with Gasteiger partial charge in [0.1, 0.15) is 12.4 Å². The van der Waals surface area contributed by atoms with Crippen LogP contribution in [-0.2, 0) is 11.4 Å². The molecule has 1 saturated heterocycles. The summed E-state index contributed by atoms with van der Waals surface area (Å²) in [7, 11) is 0. The lowest BCUT2D eigenvalue weighted by molar-refractivity contribution is -0.143. The number of hydrogen-bond acceptors (Lipinski definition) is 3. The second-order valence-electron chi connectivity index (χ2n) is 9.38. The Balaban J connectivity index is 1.38. The molecular weight excluding hydrogens is 446 g/mol. The number of benzene rings is 4. The van der Waals surface area contributed by atoms with E-state index in [2.05, 4.69) is 77.7 Å². The minimum absolute atomic E-state index is 0.0627. The topological polar surface area (TPSA) is 49.8 Å². The summed E-state index contributed by atoms with van der Waals surface area (Å²) in [5, 5.41) is 9.47. The van der Waals surface area contributed by atoms with Gasteiger partial charge in [0, 0.05) is 0 Å². The first-order valence-electron chi connectivity index (χ1n) is 12.6. The normalized spacial score (nSPS) is 15.3. The summed E-state index contributed by atoms with van der Waals surface area (Å²) >= 11 is 0. The summed E-state index contributed by atoms with van der Waals surface area (Å²) < 4.78 is 6.00. The smallest absolute Gasteiger partial charge is 0.306 e. The van der Waals surface area contributed by atoms with Gasteiger partial charge in [-0.15, -0.1) is 0 Å². The maximum Gasteiger partial charge on any atom is 0.306 e. The van der Waals surface area contributed by atoms with Gasteiger partial charge in [0.05, 0.1) is 12.0 Å². The number of nitrogens with zero attached hydrogens (tertiary/aromatic N) is 1. The molecule has 0 saturated carbocycles. The number of piperidine rings is 1. The average molecular weight is 478 g/mol. The zero-order chi connectivity index (χ0) is 24.7. The molecule has 0 spiro atoms. The Morgan fingerprint density at radius 1 is 0.750 bits per heavy atom. The lowest BCUT2D eigenvalue weighted by atomic mass is 9.90. The van der Waals surface area contributed by atoms with Crippen LogP contribution in [0.15, 0.2) is 109 Å². The van der Waals surface area contributed by atoms with Gasteiger partial charge in [-0.25, -0.2) is 0 Å². The van der Waals surface area contributed by atoms with Crippen molar-refractivity contribution in [2.24, 2.45) is 5.92 Å². The highest BCUT2D eigenvalue weighted by Crippen LogP contribution is 2.34. The summed E-state index contributed by atoms with van der Waals surface area (Å²) in [5.41, 5.74) is 5.92. The van der Waals surface area contributed by atoms with Gasteiger partial charge in [0.2, 0.25) is 0 Å². The highest BCUT2D eigenvalue weighted by Gasteiger charge is 2.30. The van der Waals surface area contributed by atoms with Gasteiger partial charge in [0.15, 0.2) is 0 Å². The zero-order valence-corrected chi connectivity index (χ0v) is 20.3. The number of carbonyl (C=O) groups is 1. The van der Waals surface area contributed by atoms with E-state index in [0.717, 1.165) is 24.4 Å². The summed E-state index contributed by atoms with van der Waals surface area (Å²) in [6, 6.07) is 37.7. The van der Waals surface area contributed by atoms with E-state index < -0.39 is 5.97 Å². The number of likely N-dealkylation sites (tertiary alicyclic amines) is 1. The molecule has 4 aromatic rings. The lowest BCUT2D eigenvalue weighted by Crippen LogP contribution is -2.39. The Kier molecular flexibility index (Phi) is 7.44. The van der Waals surface area contributed by atoms with Crippen molar-refractivity contribution < 1.29 is 14.6 Å². The first-order chi connectivity index (χ1) is 17.7. The third kappa shape index (κ3) is 5.67. The monoisotopic (exact) mass is 477 g/mol. The Bertz CT molecular complexity index is 1250. The van der Waals surface area contributed by atoms with E-state index in [9.17, 15) is 9.90 Å². The standard InChI is InChI=1S/C32H31NO3/c34-32(35)29-19-21-33(22-20-29)31(27-13-11-26(12-14-27)25-9-5-2-6-10-25)28-15-17-30(18-16-28)36-23-24-7-3-1-4-8-24/h1-18,29,31H,19-23H2,(H,34,35). The van der Waals surface area contributed by atoms with Gasteiger partial charge in [-0.05, 0) is 65.9 Å². The molecule has 4 nitrogen and oxygen atoms in total. The van der Waals surface area contributed by atoms with Gasteiger partial charge >= 0.3 is 5.97 Å². The molecule has 0 bridgehead atoms. The molecule has 0 aliphatic carbocycles. The molecule has 182 valence electrons. The van der Waals surface area contributed by atoms with Crippen LogP contribution < -0.4 is 4.74 Å². The van der Waals surface area contributed by atoms with E-state index in [1.165, 1.54) is 22.3 Å². The summed E-state index contributed by atoms with van der Waals surface area (Å²) in [6.45, 7) is 2.05. The zero-order valence-electron chi connectivity index (χ0n) is 20.3. The van der Waals surface area contributed by atoms with Gasteiger partial charge in [-0.2, -0.15) is 0 Å². The number of rotatable bonds is 8. The summed E-state index contributed by atoms with van der Waals surface area (Å²) in [5.74, 6) is -0.0974. The van der Waals surface area contributed by atoms with Crippen molar-refractivity contribution in [3.05, 3.63) is 126 Å². The fourth-order valence-corrected chi connectivity index (χ4v) is 4.99. The van der Waals surface area contributed by atoms with Crippen LogP contribution in [0.5, 0.6) is 5.75 Å². The third-order valence-electron chi connectivity index (χ3n) is 7.02. The van der Waals surface area contributed by atoms with Crippen LogP contribution in [0.25, 0.3) is 11.1 Å². The Hall–Kier alpha value is -3.89. The number of ether oxygens (including phenoxy) is 1. The van der Waals surface area contributed by atoms with E-state index in [0.29, 0.717) is 19.4 Å². The molecule has 0 aromatic heterocycles. The van der Waals surface area contributed by atoms with Crippen LogP contribution in [0.4, 0.5) is 0 Å². The number of aliphatic carboxylic acids is 1. The minimum Gasteiger partial charge on any atom is -0.489 e. The van der Waals surface area contributed by atoms with E-state index in [4.69, 9.17) is 4.74 Å². The van der Waals surface area contributed by atoms with Crippen LogP contribution >= 0.6 is 0 Å². The molecule has 1 unspecified atom stereocenters. The summed E-state index contributed by atoms with van der Waals surface area (Å²) in [4.78, 5) is 13.9. The molecular formula is C32H31NO3. The summed E-state index contributed by atoms with van der Waals surface area (Å²) in [6.07, 6.45) is 1.35. The minimum atomic E-state index is -0.682. The van der Waals surface area contributed by atoms with Gasteiger partial charge in [-0.3, -0.25) is 9.69 Å². The molecule has 36 heavy (non-hydrogen) atoms. The van der Waals surface area contributed by atoms with E-state index in [1.54, 1.807) is 0 Å². The van der Waals surface area contributed by atoms with E-state index in [1.807, 2.05) is 36.4 Å². The molecule has 1 N–H and O–H groups in total. The van der Waals surface area contributed by atoms with Crippen molar-refractivity contribution in [2.75, 3.05) is 13.1 Å². The van der Waals surface area contributed by atoms with Gasteiger partial charge in [0.25, 0.3) is 0 Å². The van der Waals surface area contributed by atoms with Crippen molar-refractivity contribution in [3.63, 3.8) is 0 Å². The highest BCUT2D eigenvalue weighted by molar-refractivity contribution is 5.70. The van der Waals surface area contributed by atoms with Crippen molar-refractivity contribution in [3.8, 4) is 16.9 Å². The van der Waals surface area contributed by atoms with Crippen LogP contribution in [0, 0.1) is 5.92 Å². The molecule has 1 fully saturated rings. The molecule has 1 atom stereocenters. The number of carboxylic acids is 1. The van der Waals surface area contributed by atoms with Crippen molar-refractivity contribution in [1.82, 2.24) is 4.90 Å². The maximum absolute atomic E-state index is 11.5. The van der Waals surface area contributed by atoms with Crippen LogP contribution in [-0.4, -0.2) is 29.1 Å². The van der Waals surface area contributed by atoms with E-state index in [-0.39, 0.29) is 12.0 Å². The fourth-order valence-electron chi connectivity index (χ4n) is 4.99. The average Bonchev–Trinajstić information content (AvgIpc) is 2.94. The Morgan fingerprint density at radius 2 is 1.28 bits per heavy atom. The Morgan fingerprint density at radius 3 is 1.86 bits per heavy atom. The van der Waals surface area contributed by atoms with Crippen molar-refractivity contribution >= 4 is 5.97 Å². The molecule has 5 rings (SSSR count).